The lowest BCUT2D eigenvalue weighted by atomic mass is 10.00. The smallest absolute Gasteiger partial charge is 0.256 e. The highest BCUT2D eigenvalue weighted by molar-refractivity contribution is 6.07. The number of alkyl halides is 1. The Balaban J connectivity index is 1.67. The Hall–Kier alpha value is -2.84. The number of hydrogen-bond donors (Lipinski definition) is 2. The average molecular weight is 384 g/mol. The molecule has 146 valence electrons. The van der Waals surface area contributed by atoms with Crippen molar-refractivity contribution in [3.63, 3.8) is 0 Å². The molecule has 3 heterocycles. The molecule has 1 aliphatic heterocycles. The number of amides is 1. The summed E-state index contributed by atoms with van der Waals surface area (Å²) in [6.45, 7) is 3.03. The first kappa shape index (κ1) is 18.5. The first-order chi connectivity index (χ1) is 13.4. The van der Waals surface area contributed by atoms with Crippen molar-refractivity contribution in [3.8, 4) is 0 Å². The second-order valence-electron chi connectivity index (χ2n) is 7.25. The molecule has 3 aromatic rings. The number of ether oxygens (including phenoxy) is 1. The predicted molar refractivity (Wildman–Crippen MR) is 102 cm³/mol. The number of rotatable bonds is 4. The summed E-state index contributed by atoms with van der Waals surface area (Å²) in [5.41, 5.74) is -0.728. The predicted octanol–water partition coefficient (Wildman–Crippen LogP) is 3.08. The van der Waals surface area contributed by atoms with E-state index in [9.17, 15) is 9.90 Å². The van der Waals surface area contributed by atoms with E-state index in [2.05, 4.69) is 15.3 Å². The molecular formula is C20H21FN4O3. The lowest BCUT2D eigenvalue weighted by molar-refractivity contribution is -0.0750. The number of fused-ring (bicyclic) bond motifs is 1. The molecule has 7 nitrogen and oxygen atoms in total. The zero-order chi connectivity index (χ0) is 19.9. The van der Waals surface area contributed by atoms with Gasteiger partial charge in [-0.2, -0.15) is 0 Å². The van der Waals surface area contributed by atoms with Gasteiger partial charge >= 0.3 is 0 Å². The number of aliphatic hydroxyl groups excluding tert-OH is 1. The maximum Gasteiger partial charge on any atom is 0.256 e. The number of aromatic nitrogens is 3. The SMILES string of the molecule is CC(O)[C@@H]1C[C@@](C)(F)[C@H](n2ccc3c(NC(=O)c4ccccc4)ncnc32)O1. The molecule has 1 fully saturated rings. The zero-order valence-corrected chi connectivity index (χ0v) is 15.5. The minimum absolute atomic E-state index is 0.0810. The summed E-state index contributed by atoms with van der Waals surface area (Å²) < 4.78 is 22.5. The van der Waals surface area contributed by atoms with Crippen molar-refractivity contribution >= 4 is 22.8 Å². The van der Waals surface area contributed by atoms with Crippen LogP contribution in [0.3, 0.4) is 0 Å². The Morgan fingerprint density at radius 1 is 1.36 bits per heavy atom. The summed E-state index contributed by atoms with van der Waals surface area (Å²) >= 11 is 0. The van der Waals surface area contributed by atoms with Gasteiger partial charge in [-0.1, -0.05) is 18.2 Å². The maximum atomic E-state index is 15.1. The molecule has 4 atom stereocenters. The van der Waals surface area contributed by atoms with E-state index in [4.69, 9.17) is 4.74 Å². The molecule has 2 aromatic heterocycles. The Labute approximate surface area is 161 Å². The van der Waals surface area contributed by atoms with Gasteiger partial charge < -0.3 is 19.7 Å². The molecule has 1 aliphatic rings. The molecule has 8 heteroatoms. The molecule has 28 heavy (non-hydrogen) atoms. The van der Waals surface area contributed by atoms with Crippen LogP contribution in [0.15, 0.2) is 48.9 Å². The molecule has 2 N–H and O–H groups in total. The van der Waals surface area contributed by atoms with Crippen molar-refractivity contribution in [2.75, 3.05) is 5.32 Å². The van der Waals surface area contributed by atoms with Crippen LogP contribution in [0.4, 0.5) is 10.2 Å². The number of carbonyl (C=O) groups is 1. The number of anilines is 1. The van der Waals surface area contributed by atoms with Gasteiger partial charge in [-0.3, -0.25) is 4.79 Å². The summed E-state index contributed by atoms with van der Waals surface area (Å²) in [7, 11) is 0. The third kappa shape index (κ3) is 3.25. The summed E-state index contributed by atoms with van der Waals surface area (Å²) in [4.78, 5) is 20.9. The standard InChI is InChI=1S/C20H21FN4O3/c1-12(26)15-10-20(2,21)19(28-15)25-9-8-14-16(22-11-23-17(14)25)24-18(27)13-6-4-3-5-7-13/h3-9,11-12,15,19,26H,10H2,1-2H3,(H,22,23,24,27)/t12?,15-,19+,20+/m0/s1. The van der Waals surface area contributed by atoms with E-state index in [1.54, 1.807) is 48.0 Å². The summed E-state index contributed by atoms with van der Waals surface area (Å²) in [6, 6.07) is 10.5. The molecular weight excluding hydrogens is 363 g/mol. The fraction of sp³-hybridized carbons (Fsp3) is 0.350. The number of hydrogen-bond acceptors (Lipinski definition) is 5. The van der Waals surface area contributed by atoms with Gasteiger partial charge in [0.15, 0.2) is 11.9 Å². The third-order valence-corrected chi connectivity index (χ3v) is 4.99. The molecule has 0 aliphatic carbocycles. The highest BCUT2D eigenvalue weighted by Gasteiger charge is 2.48. The van der Waals surface area contributed by atoms with Gasteiger partial charge in [0.2, 0.25) is 0 Å². The summed E-state index contributed by atoms with van der Waals surface area (Å²) in [5.74, 6) is 0.0400. The van der Waals surface area contributed by atoms with Crippen LogP contribution in [-0.4, -0.2) is 43.4 Å². The Bertz CT molecular complexity index is 1000. The van der Waals surface area contributed by atoms with E-state index in [0.29, 0.717) is 22.4 Å². The maximum absolute atomic E-state index is 15.1. The first-order valence-electron chi connectivity index (χ1n) is 9.07. The fourth-order valence-corrected chi connectivity index (χ4v) is 3.52. The number of halogens is 1. The second-order valence-corrected chi connectivity index (χ2v) is 7.25. The normalized spacial score (nSPS) is 25.7. The number of benzene rings is 1. The van der Waals surface area contributed by atoms with Crippen LogP contribution >= 0.6 is 0 Å². The highest BCUT2D eigenvalue weighted by Crippen LogP contribution is 2.43. The molecule has 1 amide bonds. The van der Waals surface area contributed by atoms with Gasteiger partial charge in [0.1, 0.15) is 17.8 Å². The molecule has 1 aromatic carbocycles. The molecule has 0 spiro atoms. The number of aliphatic hydroxyl groups is 1. The van der Waals surface area contributed by atoms with Crippen LogP contribution in [-0.2, 0) is 4.74 Å². The Morgan fingerprint density at radius 2 is 2.11 bits per heavy atom. The minimum Gasteiger partial charge on any atom is -0.391 e. The van der Waals surface area contributed by atoms with E-state index < -0.39 is 24.1 Å². The van der Waals surface area contributed by atoms with Crippen LogP contribution in [0.5, 0.6) is 0 Å². The van der Waals surface area contributed by atoms with E-state index in [-0.39, 0.29) is 12.3 Å². The van der Waals surface area contributed by atoms with Crippen molar-refractivity contribution in [2.24, 2.45) is 0 Å². The van der Waals surface area contributed by atoms with E-state index in [1.807, 2.05) is 6.07 Å². The van der Waals surface area contributed by atoms with Gasteiger partial charge in [0.25, 0.3) is 5.91 Å². The zero-order valence-electron chi connectivity index (χ0n) is 15.5. The van der Waals surface area contributed by atoms with Crippen LogP contribution in [0.25, 0.3) is 11.0 Å². The lowest BCUT2D eigenvalue weighted by Gasteiger charge is -2.23. The Morgan fingerprint density at radius 3 is 2.79 bits per heavy atom. The summed E-state index contributed by atoms with van der Waals surface area (Å²) in [6.07, 6.45) is 0.740. The average Bonchev–Trinajstić information content (AvgIpc) is 3.23. The molecule has 0 saturated carbocycles. The largest absolute Gasteiger partial charge is 0.391 e. The van der Waals surface area contributed by atoms with E-state index >= 15 is 4.39 Å². The molecule has 4 rings (SSSR count). The molecule has 0 bridgehead atoms. The van der Waals surface area contributed by atoms with Crippen molar-refractivity contribution in [1.29, 1.82) is 0 Å². The van der Waals surface area contributed by atoms with Crippen LogP contribution < -0.4 is 5.32 Å². The number of nitrogens with one attached hydrogen (secondary N) is 1. The van der Waals surface area contributed by atoms with Crippen molar-refractivity contribution in [1.82, 2.24) is 14.5 Å². The van der Waals surface area contributed by atoms with Crippen LogP contribution in [0.1, 0.15) is 36.9 Å². The van der Waals surface area contributed by atoms with Crippen molar-refractivity contribution in [2.45, 2.75) is 44.4 Å². The minimum atomic E-state index is -1.67. The van der Waals surface area contributed by atoms with Crippen LogP contribution in [0.2, 0.25) is 0 Å². The molecule has 1 unspecified atom stereocenters. The van der Waals surface area contributed by atoms with Gasteiger partial charge in [-0.05, 0) is 32.0 Å². The van der Waals surface area contributed by atoms with Gasteiger partial charge in [0.05, 0.1) is 17.6 Å². The topological polar surface area (TPSA) is 89.3 Å². The van der Waals surface area contributed by atoms with Crippen molar-refractivity contribution < 1.29 is 19.0 Å². The second kappa shape index (κ2) is 6.96. The van der Waals surface area contributed by atoms with Crippen LogP contribution in [0, 0.1) is 0 Å². The lowest BCUT2D eigenvalue weighted by Crippen LogP contribution is -2.27. The molecule has 0 radical (unpaired) electrons. The van der Waals surface area contributed by atoms with Gasteiger partial charge in [0, 0.05) is 18.2 Å². The molecule has 1 saturated heterocycles. The number of carbonyl (C=O) groups excluding carboxylic acids is 1. The highest BCUT2D eigenvalue weighted by atomic mass is 19.1. The monoisotopic (exact) mass is 384 g/mol. The third-order valence-electron chi connectivity index (χ3n) is 4.99. The van der Waals surface area contributed by atoms with Gasteiger partial charge in [-0.15, -0.1) is 0 Å². The Kier molecular flexibility index (Phi) is 4.60. The summed E-state index contributed by atoms with van der Waals surface area (Å²) in [5, 5.41) is 13.1. The number of nitrogens with zero attached hydrogens (tertiary/aromatic N) is 3. The first-order valence-corrected chi connectivity index (χ1v) is 9.07. The van der Waals surface area contributed by atoms with Gasteiger partial charge in [-0.25, -0.2) is 14.4 Å². The van der Waals surface area contributed by atoms with E-state index in [1.165, 1.54) is 13.3 Å². The van der Waals surface area contributed by atoms with E-state index in [0.717, 1.165) is 0 Å². The fourth-order valence-electron chi connectivity index (χ4n) is 3.52. The quantitative estimate of drug-likeness (QED) is 0.722. The van der Waals surface area contributed by atoms with Crippen molar-refractivity contribution in [3.05, 3.63) is 54.5 Å².